The lowest BCUT2D eigenvalue weighted by Crippen LogP contribution is -2.73. The minimum Gasteiger partial charge on any atom is -0.393 e. The van der Waals surface area contributed by atoms with E-state index in [2.05, 4.69) is 47.5 Å². The van der Waals surface area contributed by atoms with Gasteiger partial charge >= 0.3 is 0 Å². The number of rotatable bonds is 2. The standard InChI is InChI=1S/C29H52N4O3/c1-27-7-6-22-21(23(27)18-24(26(27)35)32-13-9-30(3)10-14-32)17-25(33-15-11-31(4)12-16-33)29(36)19-20(34)5-8-28(22,29)2/h20-26,34-36H,5-19H2,1-4H3/t20-,21+,22-,23-,24-,25+,26-,27-,28+,29-/m0/s1. The maximum Gasteiger partial charge on any atom is 0.0882 e. The number of hydrogen-bond acceptors (Lipinski definition) is 7. The highest BCUT2D eigenvalue weighted by Gasteiger charge is 2.69. The van der Waals surface area contributed by atoms with E-state index in [0.717, 1.165) is 90.9 Å². The summed E-state index contributed by atoms with van der Waals surface area (Å²) in [5.41, 5.74) is -1.02. The van der Waals surface area contributed by atoms with Crippen molar-refractivity contribution in [1.29, 1.82) is 0 Å². The van der Waals surface area contributed by atoms with Gasteiger partial charge in [-0.2, -0.15) is 0 Å². The van der Waals surface area contributed by atoms with Gasteiger partial charge in [0.2, 0.25) is 0 Å². The Bertz CT molecular complexity index is 814. The van der Waals surface area contributed by atoms with Crippen LogP contribution in [0.25, 0.3) is 0 Å². The molecule has 10 atom stereocenters. The van der Waals surface area contributed by atoms with Gasteiger partial charge in [0.15, 0.2) is 0 Å². The molecule has 0 aromatic heterocycles. The molecule has 4 saturated carbocycles. The van der Waals surface area contributed by atoms with Crippen molar-refractivity contribution in [2.24, 2.45) is 28.6 Å². The van der Waals surface area contributed by atoms with Crippen LogP contribution in [0.3, 0.4) is 0 Å². The summed E-state index contributed by atoms with van der Waals surface area (Å²) < 4.78 is 0. The molecule has 0 spiro atoms. The topological polar surface area (TPSA) is 73.7 Å². The normalized spacial score (nSPS) is 53.6. The van der Waals surface area contributed by atoms with E-state index < -0.39 is 11.7 Å². The zero-order valence-corrected chi connectivity index (χ0v) is 23.3. The molecule has 7 nitrogen and oxygen atoms in total. The van der Waals surface area contributed by atoms with Gasteiger partial charge in [-0.25, -0.2) is 0 Å². The second kappa shape index (κ2) is 9.14. The second-order valence-corrected chi connectivity index (χ2v) is 14.3. The average molecular weight is 505 g/mol. The Balaban J connectivity index is 1.32. The summed E-state index contributed by atoms with van der Waals surface area (Å²) in [6.45, 7) is 13.2. The number of fused-ring (bicyclic) bond motifs is 5. The third kappa shape index (κ3) is 3.78. The van der Waals surface area contributed by atoms with Crippen molar-refractivity contribution >= 4 is 0 Å². The first-order valence-corrected chi connectivity index (χ1v) is 15.0. The first-order chi connectivity index (χ1) is 17.1. The lowest BCUT2D eigenvalue weighted by atomic mass is 9.42. The number of aliphatic hydroxyl groups excluding tert-OH is 2. The lowest BCUT2D eigenvalue weighted by Gasteiger charge is -2.67. The molecule has 0 unspecified atom stereocenters. The largest absolute Gasteiger partial charge is 0.393 e. The zero-order chi connectivity index (χ0) is 25.5. The first-order valence-electron chi connectivity index (χ1n) is 15.0. The molecule has 2 aliphatic heterocycles. The third-order valence-electron chi connectivity index (χ3n) is 12.8. The molecule has 3 N–H and O–H groups in total. The Hall–Kier alpha value is -0.280. The predicted molar refractivity (Wildman–Crippen MR) is 142 cm³/mol. The Kier molecular flexibility index (Phi) is 6.59. The quantitative estimate of drug-likeness (QED) is 0.524. The summed E-state index contributed by atoms with van der Waals surface area (Å²) >= 11 is 0. The molecular weight excluding hydrogens is 452 g/mol. The van der Waals surface area contributed by atoms with E-state index in [1.807, 2.05) is 0 Å². The Labute approximate surface area is 218 Å². The van der Waals surface area contributed by atoms with Crippen molar-refractivity contribution in [3.05, 3.63) is 0 Å². The van der Waals surface area contributed by atoms with Crippen LogP contribution in [-0.4, -0.2) is 131 Å². The van der Waals surface area contributed by atoms with Gasteiger partial charge in [-0.15, -0.1) is 0 Å². The smallest absolute Gasteiger partial charge is 0.0882 e. The van der Waals surface area contributed by atoms with Gasteiger partial charge < -0.3 is 25.1 Å². The van der Waals surface area contributed by atoms with Crippen LogP contribution in [0.5, 0.6) is 0 Å². The monoisotopic (exact) mass is 504 g/mol. The van der Waals surface area contributed by atoms with E-state index in [-0.39, 0.29) is 29.0 Å². The van der Waals surface area contributed by atoms with Crippen molar-refractivity contribution in [2.75, 3.05) is 66.5 Å². The van der Waals surface area contributed by atoms with Crippen molar-refractivity contribution in [2.45, 2.75) is 88.7 Å². The molecule has 6 aliphatic rings. The number of likely N-dealkylation sites (N-methyl/N-ethyl adjacent to an activating group) is 2. The molecule has 0 radical (unpaired) electrons. The van der Waals surface area contributed by atoms with Crippen LogP contribution in [0.4, 0.5) is 0 Å². The zero-order valence-electron chi connectivity index (χ0n) is 23.3. The van der Waals surface area contributed by atoms with Crippen LogP contribution < -0.4 is 0 Å². The van der Waals surface area contributed by atoms with Crippen LogP contribution in [0.1, 0.15) is 58.8 Å². The summed E-state index contributed by atoms with van der Waals surface area (Å²) in [6.07, 6.45) is 5.92. The fraction of sp³-hybridized carbons (Fsp3) is 1.00. The van der Waals surface area contributed by atoms with Crippen LogP contribution in [0, 0.1) is 28.6 Å². The summed E-state index contributed by atoms with van der Waals surface area (Å²) in [5.74, 6) is 1.54. The van der Waals surface area contributed by atoms with Crippen molar-refractivity contribution in [1.82, 2.24) is 19.6 Å². The minimum absolute atomic E-state index is 0.0259. The number of piperazine rings is 2. The highest BCUT2D eigenvalue weighted by Crippen LogP contribution is 2.68. The van der Waals surface area contributed by atoms with Gasteiger partial charge in [0.05, 0.1) is 17.8 Å². The molecule has 6 rings (SSSR count). The van der Waals surface area contributed by atoms with Crippen molar-refractivity contribution in [3.63, 3.8) is 0 Å². The molecule has 0 bridgehead atoms. The maximum absolute atomic E-state index is 12.6. The van der Waals surface area contributed by atoms with E-state index >= 15 is 0 Å². The van der Waals surface area contributed by atoms with E-state index in [1.165, 1.54) is 0 Å². The van der Waals surface area contributed by atoms with Crippen LogP contribution in [0.15, 0.2) is 0 Å². The van der Waals surface area contributed by atoms with E-state index in [0.29, 0.717) is 24.2 Å². The van der Waals surface area contributed by atoms with Crippen LogP contribution >= 0.6 is 0 Å². The molecule has 2 heterocycles. The van der Waals surface area contributed by atoms with Gasteiger partial charge in [0.25, 0.3) is 0 Å². The molecule has 2 saturated heterocycles. The molecule has 6 fully saturated rings. The highest BCUT2D eigenvalue weighted by molar-refractivity contribution is 5.20. The van der Waals surface area contributed by atoms with Crippen LogP contribution in [-0.2, 0) is 0 Å². The Morgan fingerprint density at radius 3 is 1.97 bits per heavy atom. The summed E-state index contributed by atoms with van der Waals surface area (Å²) in [4.78, 5) is 9.98. The number of hydrogen-bond donors (Lipinski definition) is 3. The SMILES string of the molecule is CN1CCN([C@H]2C[C@H]3[C@@H]4C[C@@H](N5CCN(C)CC5)[C@@]5(O)C[C@@H](O)CC[C@]5(C)[C@H]4CC[C@]3(C)[C@H]2O)CC1. The summed E-state index contributed by atoms with van der Waals surface area (Å²) in [7, 11) is 4.40. The summed E-state index contributed by atoms with van der Waals surface area (Å²) in [5, 5.41) is 35.2. The van der Waals surface area contributed by atoms with E-state index in [9.17, 15) is 15.3 Å². The second-order valence-electron chi connectivity index (χ2n) is 14.3. The number of aliphatic hydroxyl groups is 3. The molecule has 0 aromatic carbocycles. The fourth-order valence-corrected chi connectivity index (χ4v) is 10.3. The Morgan fingerprint density at radius 2 is 1.33 bits per heavy atom. The molecule has 4 aliphatic carbocycles. The lowest BCUT2D eigenvalue weighted by molar-refractivity contribution is -0.253. The van der Waals surface area contributed by atoms with Gasteiger partial charge in [0.1, 0.15) is 0 Å². The van der Waals surface area contributed by atoms with E-state index in [1.54, 1.807) is 0 Å². The fourth-order valence-electron chi connectivity index (χ4n) is 10.3. The van der Waals surface area contributed by atoms with Gasteiger partial charge in [-0.05, 0) is 75.8 Å². The summed E-state index contributed by atoms with van der Waals surface area (Å²) in [6, 6.07) is 0.380. The number of nitrogens with zero attached hydrogens (tertiary/aromatic N) is 4. The van der Waals surface area contributed by atoms with Crippen molar-refractivity contribution in [3.8, 4) is 0 Å². The van der Waals surface area contributed by atoms with Gasteiger partial charge in [-0.3, -0.25) is 9.80 Å². The molecular formula is C29H52N4O3. The van der Waals surface area contributed by atoms with Gasteiger partial charge in [0, 0.05) is 76.3 Å². The average Bonchev–Trinajstić information content (AvgIpc) is 3.12. The third-order valence-corrected chi connectivity index (χ3v) is 12.8. The van der Waals surface area contributed by atoms with Crippen molar-refractivity contribution < 1.29 is 15.3 Å². The Morgan fingerprint density at radius 1 is 0.722 bits per heavy atom. The van der Waals surface area contributed by atoms with E-state index in [4.69, 9.17) is 0 Å². The molecule has 36 heavy (non-hydrogen) atoms. The molecule has 0 aromatic rings. The first kappa shape index (κ1) is 26.0. The van der Waals surface area contributed by atoms with Crippen LogP contribution in [0.2, 0.25) is 0 Å². The molecule has 206 valence electrons. The molecule has 0 amide bonds. The maximum atomic E-state index is 12.6. The molecule has 7 heteroatoms. The highest BCUT2D eigenvalue weighted by atomic mass is 16.3. The predicted octanol–water partition coefficient (Wildman–Crippen LogP) is 1.32. The minimum atomic E-state index is -0.830. The van der Waals surface area contributed by atoms with Gasteiger partial charge in [-0.1, -0.05) is 13.8 Å².